The molecular weight excluding hydrogens is 407 g/mol. The third-order valence-electron chi connectivity index (χ3n) is 5.26. The fourth-order valence-corrected chi connectivity index (χ4v) is 2.91. The average Bonchev–Trinajstić information content (AvgIpc) is 2.84. The lowest BCUT2D eigenvalue weighted by Gasteiger charge is -2.05. The highest BCUT2D eigenvalue weighted by Gasteiger charge is 2.03. The Hall–Kier alpha value is -3.22. The molecule has 0 bridgehead atoms. The lowest BCUT2D eigenvalue weighted by Crippen LogP contribution is -2.08. The van der Waals surface area contributed by atoms with Crippen LogP contribution in [0.15, 0.2) is 79.4 Å². The van der Waals surface area contributed by atoms with E-state index in [0.29, 0.717) is 11.5 Å². The molecule has 0 saturated heterocycles. The van der Waals surface area contributed by atoms with E-state index >= 15 is 0 Å². The number of nitriles is 1. The second-order valence-corrected chi connectivity index (χ2v) is 8.14. The number of nitrogens with zero attached hydrogens (tertiary/aromatic N) is 1. The molecule has 0 spiro atoms. The summed E-state index contributed by atoms with van der Waals surface area (Å²) in [6.07, 6.45) is 3.25. The predicted molar refractivity (Wildman–Crippen MR) is 140 cm³/mol. The standard InChI is InChI=1S/C16H13N.C9H11F.C5H13N/c1-12(2)13-7-9-14(10-8-13)16-6-4-3-5-15(16)11-17;1-2-4-8-5-3-6-9(10)7-8;1-3-5(2)4-6/h3-10H,1H2,2H3;3,5-7H,2,4H2,1H3;5H,3-4,6H2,1-2H3/t;;5-/m..0/s1. The Kier molecular flexibility index (Phi) is 13.1. The van der Waals surface area contributed by atoms with E-state index in [2.05, 4.69) is 33.4 Å². The van der Waals surface area contributed by atoms with Crippen molar-refractivity contribution in [2.45, 2.75) is 47.0 Å². The highest BCUT2D eigenvalue weighted by molar-refractivity contribution is 5.72. The van der Waals surface area contributed by atoms with Crippen molar-refractivity contribution in [2.75, 3.05) is 6.54 Å². The third-order valence-corrected chi connectivity index (χ3v) is 5.26. The first-order valence-corrected chi connectivity index (χ1v) is 11.6. The van der Waals surface area contributed by atoms with Crippen LogP contribution in [0.4, 0.5) is 4.39 Å². The highest BCUT2D eigenvalue weighted by Crippen LogP contribution is 2.24. The summed E-state index contributed by atoms with van der Waals surface area (Å²) in [5, 5.41) is 9.06. The van der Waals surface area contributed by atoms with Crippen molar-refractivity contribution in [3.05, 3.63) is 102 Å². The molecule has 0 radical (unpaired) electrons. The average molecular weight is 445 g/mol. The van der Waals surface area contributed by atoms with Crippen molar-refractivity contribution in [3.8, 4) is 17.2 Å². The predicted octanol–water partition coefficient (Wildman–Crippen LogP) is 8.03. The van der Waals surface area contributed by atoms with E-state index in [1.54, 1.807) is 12.1 Å². The molecule has 3 heteroatoms. The number of benzene rings is 3. The first kappa shape index (κ1) is 27.8. The Morgan fingerprint density at radius 2 is 1.70 bits per heavy atom. The molecule has 0 aliphatic carbocycles. The normalized spacial score (nSPS) is 10.6. The van der Waals surface area contributed by atoms with Crippen molar-refractivity contribution in [3.63, 3.8) is 0 Å². The molecule has 0 aromatic heterocycles. The zero-order chi connectivity index (χ0) is 24.6. The van der Waals surface area contributed by atoms with Gasteiger partial charge in [0.2, 0.25) is 0 Å². The monoisotopic (exact) mass is 444 g/mol. The molecule has 0 heterocycles. The van der Waals surface area contributed by atoms with Gasteiger partial charge in [0.15, 0.2) is 0 Å². The van der Waals surface area contributed by atoms with Crippen LogP contribution in [0, 0.1) is 23.1 Å². The molecule has 0 aliphatic rings. The first-order chi connectivity index (χ1) is 15.9. The SMILES string of the molecule is C=C(C)c1ccc(-c2ccccc2C#N)cc1.CCCc1cccc(F)c1.CC[C@H](C)CN. The summed E-state index contributed by atoms with van der Waals surface area (Å²) in [5.41, 5.74) is 11.3. The third kappa shape index (κ3) is 10.3. The Morgan fingerprint density at radius 3 is 2.18 bits per heavy atom. The molecule has 2 N–H and O–H groups in total. The second kappa shape index (κ2) is 15.6. The van der Waals surface area contributed by atoms with E-state index < -0.39 is 0 Å². The van der Waals surface area contributed by atoms with Crippen LogP contribution >= 0.6 is 0 Å². The minimum atomic E-state index is -0.133. The maximum absolute atomic E-state index is 12.5. The number of hydrogen-bond donors (Lipinski definition) is 1. The molecule has 33 heavy (non-hydrogen) atoms. The van der Waals surface area contributed by atoms with Crippen LogP contribution in [0.2, 0.25) is 0 Å². The molecule has 3 aromatic rings. The number of halogens is 1. The van der Waals surface area contributed by atoms with Crippen LogP contribution in [0.1, 0.15) is 57.2 Å². The van der Waals surface area contributed by atoms with Crippen LogP contribution in [-0.4, -0.2) is 6.54 Å². The zero-order valence-corrected chi connectivity index (χ0v) is 20.4. The van der Waals surface area contributed by atoms with Gasteiger partial charge in [-0.25, -0.2) is 4.39 Å². The van der Waals surface area contributed by atoms with Crippen molar-refractivity contribution in [1.82, 2.24) is 0 Å². The second-order valence-electron chi connectivity index (χ2n) is 8.14. The van der Waals surface area contributed by atoms with E-state index in [4.69, 9.17) is 11.0 Å². The van der Waals surface area contributed by atoms with E-state index in [0.717, 1.165) is 47.2 Å². The Morgan fingerprint density at radius 1 is 1.03 bits per heavy atom. The molecule has 0 fully saturated rings. The lowest BCUT2D eigenvalue weighted by atomic mass is 9.98. The molecule has 0 saturated carbocycles. The maximum Gasteiger partial charge on any atom is 0.123 e. The van der Waals surface area contributed by atoms with Gasteiger partial charge in [-0.2, -0.15) is 5.26 Å². The molecule has 174 valence electrons. The van der Waals surface area contributed by atoms with Crippen LogP contribution < -0.4 is 5.73 Å². The van der Waals surface area contributed by atoms with Gasteiger partial charge in [0.25, 0.3) is 0 Å². The van der Waals surface area contributed by atoms with E-state index in [-0.39, 0.29) is 5.82 Å². The minimum Gasteiger partial charge on any atom is -0.330 e. The largest absolute Gasteiger partial charge is 0.330 e. The van der Waals surface area contributed by atoms with Gasteiger partial charge in [-0.3, -0.25) is 0 Å². The Labute approximate surface area is 199 Å². The van der Waals surface area contributed by atoms with Crippen LogP contribution in [0.5, 0.6) is 0 Å². The van der Waals surface area contributed by atoms with Gasteiger partial charge in [-0.15, -0.1) is 0 Å². The molecule has 0 amide bonds. The molecule has 1 atom stereocenters. The fraction of sp³-hybridized carbons (Fsp3) is 0.300. The van der Waals surface area contributed by atoms with E-state index in [9.17, 15) is 4.39 Å². The van der Waals surface area contributed by atoms with Gasteiger partial charge < -0.3 is 5.73 Å². The number of hydrogen-bond acceptors (Lipinski definition) is 2. The van der Waals surface area contributed by atoms with E-state index in [1.165, 1.54) is 12.5 Å². The number of aryl methyl sites for hydroxylation is 1. The van der Waals surface area contributed by atoms with Crippen molar-refractivity contribution < 1.29 is 4.39 Å². The Balaban J connectivity index is 0.000000288. The number of allylic oxidation sites excluding steroid dienone is 1. The number of nitrogens with two attached hydrogens (primary N) is 1. The summed E-state index contributed by atoms with van der Waals surface area (Å²) >= 11 is 0. The van der Waals surface area contributed by atoms with Crippen molar-refractivity contribution in [1.29, 1.82) is 5.26 Å². The van der Waals surface area contributed by atoms with Crippen molar-refractivity contribution in [2.24, 2.45) is 11.7 Å². The molecule has 0 aliphatic heterocycles. The minimum absolute atomic E-state index is 0.133. The van der Waals surface area contributed by atoms with E-state index in [1.807, 2.05) is 61.5 Å². The lowest BCUT2D eigenvalue weighted by molar-refractivity contribution is 0.576. The number of rotatable bonds is 6. The van der Waals surface area contributed by atoms with Crippen LogP contribution in [-0.2, 0) is 6.42 Å². The molecule has 0 unspecified atom stereocenters. The molecule has 3 rings (SSSR count). The molecule has 2 nitrogen and oxygen atoms in total. The first-order valence-electron chi connectivity index (χ1n) is 11.6. The fourth-order valence-electron chi connectivity index (χ4n) is 2.91. The van der Waals surface area contributed by atoms with Gasteiger partial charge in [0.05, 0.1) is 11.6 Å². The summed E-state index contributed by atoms with van der Waals surface area (Å²) in [7, 11) is 0. The molecular formula is C30H37FN2. The highest BCUT2D eigenvalue weighted by atomic mass is 19.1. The van der Waals surface area contributed by atoms with Gasteiger partial charge in [-0.05, 0) is 66.3 Å². The van der Waals surface area contributed by atoms with Crippen LogP contribution in [0.3, 0.4) is 0 Å². The summed E-state index contributed by atoms with van der Waals surface area (Å²) in [5.74, 6) is 0.580. The summed E-state index contributed by atoms with van der Waals surface area (Å²) in [4.78, 5) is 0. The summed E-state index contributed by atoms with van der Waals surface area (Å²) in [6, 6.07) is 24.7. The van der Waals surface area contributed by atoms with Gasteiger partial charge in [0, 0.05) is 0 Å². The zero-order valence-electron chi connectivity index (χ0n) is 20.4. The Bertz CT molecular complexity index is 1010. The van der Waals surface area contributed by atoms with Gasteiger partial charge in [-0.1, -0.05) is 100 Å². The van der Waals surface area contributed by atoms with Crippen molar-refractivity contribution >= 4 is 5.57 Å². The smallest absolute Gasteiger partial charge is 0.123 e. The summed E-state index contributed by atoms with van der Waals surface area (Å²) < 4.78 is 12.5. The van der Waals surface area contributed by atoms with Gasteiger partial charge in [0.1, 0.15) is 5.82 Å². The van der Waals surface area contributed by atoms with Gasteiger partial charge >= 0.3 is 0 Å². The molecule has 3 aromatic carbocycles. The van der Waals surface area contributed by atoms with Crippen LogP contribution in [0.25, 0.3) is 16.7 Å². The topological polar surface area (TPSA) is 49.8 Å². The maximum atomic E-state index is 12.5. The quantitative estimate of drug-likeness (QED) is 0.418. The summed E-state index contributed by atoms with van der Waals surface area (Å²) in [6.45, 7) is 13.1.